The van der Waals surface area contributed by atoms with Gasteiger partial charge in [-0.25, -0.2) is 0 Å². The Morgan fingerprint density at radius 3 is 2.64 bits per heavy atom. The topological polar surface area (TPSA) is 40.5 Å². The highest BCUT2D eigenvalue weighted by molar-refractivity contribution is 5.30. The van der Waals surface area contributed by atoms with Crippen molar-refractivity contribution in [2.24, 2.45) is 28.1 Å². The average molecular weight is 304 g/mol. The second-order valence-corrected chi connectivity index (χ2v) is 8.98. The van der Waals surface area contributed by atoms with Crippen molar-refractivity contribution in [3.8, 4) is 0 Å². The van der Waals surface area contributed by atoms with Gasteiger partial charge in [0.1, 0.15) is 0 Å². The standard InChI is InChI=1S/C20H32O2/c1-5-19(4)10-7-15-14(12-19)16(22)11-17-18(2,3)8-6-9-20(15,17)13-21/h5,12,15-17,21-22H,1,6-11,13H2,2-4H3/t15-,16-,17-,19-,20-/m0/s1. The minimum atomic E-state index is -0.341. The van der Waals surface area contributed by atoms with Crippen LogP contribution in [0, 0.1) is 28.1 Å². The van der Waals surface area contributed by atoms with Gasteiger partial charge in [-0.2, -0.15) is 0 Å². The summed E-state index contributed by atoms with van der Waals surface area (Å²) in [5, 5.41) is 21.2. The smallest absolute Gasteiger partial charge is 0.0756 e. The Morgan fingerprint density at radius 1 is 1.27 bits per heavy atom. The van der Waals surface area contributed by atoms with E-state index in [1.54, 1.807) is 0 Å². The molecule has 3 aliphatic rings. The molecule has 2 nitrogen and oxygen atoms in total. The summed E-state index contributed by atoms with van der Waals surface area (Å²) in [6.07, 6.45) is 10.4. The van der Waals surface area contributed by atoms with Crippen LogP contribution in [0.15, 0.2) is 24.3 Å². The molecule has 124 valence electrons. The summed E-state index contributed by atoms with van der Waals surface area (Å²) >= 11 is 0. The lowest BCUT2D eigenvalue weighted by molar-refractivity contribution is -0.123. The van der Waals surface area contributed by atoms with Crippen LogP contribution in [-0.2, 0) is 0 Å². The van der Waals surface area contributed by atoms with Gasteiger partial charge in [-0.15, -0.1) is 6.58 Å². The number of allylic oxidation sites excluding steroid dienone is 2. The van der Waals surface area contributed by atoms with Gasteiger partial charge in [0.25, 0.3) is 0 Å². The summed E-state index contributed by atoms with van der Waals surface area (Å²) in [5.41, 5.74) is 1.39. The molecule has 2 saturated carbocycles. The molecule has 0 aromatic carbocycles. The average Bonchev–Trinajstić information content (AvgIpc) is 2.48. The van der Waals surface area contributed by atoms with Gasteiger partial charge in [-0.3, -0.25) is 0 Å². The SMILES string of the molecule is C=C[C@]1(C)C=C2[C@@H](O)C[C@H]3C(C)(C)CCC[C@]3(CO)[C@H]2CC1. The third kappa shape index (κ3) is 2.22. The molecule has 2 N–H and O–H groups in total. The molecule has 3 rings (SSSR count). The predicted molar refractivity (Wildman–Crippen MR) is 90.4 cm³/mol. The third-order valence-corrected chi connectivity index (χ3v) is 7.27. The summed E-state index contributed by atoms with van der Waals surface area (Å²) in [4.78, 5) is 0. The highest BCUT2D eigenvalue weighted by atomic mass is 16.3. The van der Waals surface area contributed by atoms with E-state index in [1.165, 1.54) is 18.4 Å². The van der Waals surface area contributed by atoms with Crippen molar-refractivity contribution in [3.05, 3.63) is 24.3 Å². The van der Waals surface area contributed by atoms with E-state index >= 15 is 0 Å². The first kappa shape index (κ1) is 16.3. The first-order chi connectivity index (χ1) is 10.3. The zero-order chi connectivity index (χ0) is 16.2. The molecule has 0 unspecified atom stereocenters. The van der Waals surface area contributed by atoms with Crippen LogP contribution in [0.5, 0.6) is 0 Å². The van der Waals surface area contributed by atoms with Crippen molar-refractivity contribution in [2.45, 2.75) is 65.4 Å². The van der Waals surface area contributed by atoms with Crippen LogP contribution in [0.25, 0.3) is 0 Å². The molecule has 0 saturated heterocycles. The van der Waals surface area contributed by atoms with Crippen molar-refractivity contribution in [1.82, 2.24) is 0 Å². The highest BCUT2D eigenvalue weighted by Crippen LogP contribution is 2.63. The molecule has 0 aromatic heterocycles. The molecule has 0 spiro atoms. The lowest BCUT2D eigenvalue weighted by Crippen LogP contribution is -2.57. The Morgan fingerprint density at radius 2 is 2.00 bits per heavy atom. The molecular weight excluding hydrogens is 272 g/mol. The van der Waals surface area contributed by atoms with Crippen LogP contribution < -0.4 is 0 Å². The van der Waals surface area contributed by atoms with Crippen molar-refractivity contribution >= 4 is 0 Å². The Bertz CT molecular complexity index is 492. The molecule has 0 bridgehead atoms. The maximum atomic E-state index is 10.8. The molecule has 0 aromatic rings. The van der Waals surface area contributed by atoms with Gasteiger partial charge in [0.15, 0.2) is 0 Å². The number of aliphatic hydroxyl groups is 2. The monoisotopic (exact) mass is 304 g/mol. The lowest BCUT2D eigenvalue weighted by Gasteiger charge is -2.61. The number of fused-ring (bicyclic) bond motifs is 3. The second kappa shape index (κ2) is 5.21. The van der Waals surface area contributed by atoms with E-state index in [-0.39, 0.29) is 29.0 Å². The third-order valence-electron chi connectivity index (χ3n) is 7.27. The van der Waals surface area contributed by atoms with Crippen molar-refractivity contribution < 1.29 is 10.2 Å². The first-order valence-electron chi connectivity index (χ1n) is 8.93. The molecule has 0 radical (unpaired) electrons. The molecule has 22 heavy (non-hydrogen) atoms. The zero-order valence-corrected chi connectivity index (χ0v) is 14.4. The largest absolute Gasteiger partial charge is 0.396 e. The van der Waals surface area contributed by atoms with Crippen molar-refractivity contribution in [3.63, 3.8) is 0 Å². The summed E-state index contributed by atoms with van der Waals surface area (Å²) in [5.74, 6) is 0.767. The van der Waals surface area contributed by atoms with Crippen LogP contribution in [0.4, 0.5) is 0 Å². The normalized spacial score (nSPS) is 47.1. The van der Waals surface area contributed by atoms with Crippen molar-refractivity contribution in [2.75, 3.05) is 6.61 Å². The Labute approximate surface area is 135 Å². The van der Waals surface area contributed by atoms with Gasteiger partial charge in [0.05, 0.1) is 6.10 Å². The van der Waals surface area contributed by atoms with Crippen LogP contribution in [0.1, 0.15) is 59.3 Å². The highest BCUT2D eigenvalue weighted by Gasteiger charge is 2.58. The van der Waals surface area contributed by atoms with Gasteiger partial charge in [-0.1, -0.05) is 39.3 Å². The molecular formula is C20H32O2. The summed E-state index contributed by atoms with van der Waals surface area (Å²) in [6.45, 7) is 11.1. The van der Waals surface area contributed by atoms with Gasteiger partial charge in [0, 0.05) is 17.4 Å². The van der Waals surface area contributed by atoms with Crippen molar-refractivity contribution in [1.29, 1.82) is 0 Å². The summed E-state index contributed by atoms with van der Waals surface area (Å²) < 4.78 is 0. The molecule has 2 heteroatoms. The minimum Gasteiger partial charge on any atom is -0.396 e. The van der Waals surface area contributed by atoms with Crippen LogP contribution in [0.2, 0.25) is 0 Å². The minimum absolute atomic E-state index is 0.000477. The Kier molecular flexibility index (Phi) is 3.85. The lowest BCUT2D eigenvalue weighted by atomic mass is 9.44. The quantitative estimate of drug-likeness (QED) is 0.755. The van der Waals surface area contributed by atoms with Gasteiger partial charge in [-0.05, 0) is 54.9 Å². The molecule has 3 aliphatic carbocycles. The summed E-state index contributed by atoms with van der Waals surface area (Å²) in [7, 11) is 0. The molecule has 5 atom stereocenters. The number of hydrogen-bond acceptors (Lipinski definition) is 2. The van der Waals surface area contributed by atoms with E-state index in [4.69, 9.17) is 0 Å². The molecule has 0 amide bonds. The van der Waals surface area contributed by atoms with Crippen LogP contribution >= 0.6 is 0 Å². The number of aliphatic hydroxyl groups excluding tert-OH is 2. The Balaban J connectivity index is 2.06. The summed E-state index contributed by atoms with van der Waals surface area (Å²) in [6, 6.07) is 0. The van der Waals surface area contributed by atoms with Gasteiger partial charge in [0.2, 0.25) is 0 Å². The van der Waals surface area contributed by atoms with Gasteiger partial charge >= 0.3 is 0 Å². The molecule has 0 heterocycles. The maximum Gasteiger partial charge on any atom is 0.0756 e. The number of rotatable bonds is 2. The van der Waals surface area contributed by atoms with E-state index < -0.39 is 0 Å². The van der Waals surface area contributed by atoms with E-state index in [2.05, 4.69) is 33.4 Å². The van der Waals surface area contributed by atoms with Gasteiger partial charge < -0.3 is 10.2 Å². The second-order valence-electron chi connectivity index (χ2n) is 8.98. The zero-order valence-electron chi connectivity index (χ0n) is 14.4. The van der Waals surface area contributed by atoms with Crippen LogP contribution in [-0.4, -0.2) is 22.9 Å². The predicted octanol–water partition coefficient (Wildman–Crippen LogP) is 4.08. The molecule has 0 aliphatic heterocycles. The van der Waals surface area contributed by atoms with E-state index in [0.717, 1.165) is 25.7 Å². The first-order valence-corrected chi connectivity index (χ1v) is 8.93. The Hall–Kier alpha value is -0.600. The fourth-order valence-electron chi connectivity index (χ4n) is 5.91. The van der Waals surface area contributed by atoms with E-state index in [0.29, 0.717) is 11.8 Å². The number of hydrogen-bond donors (Lipinski definition) is 2. The van der Waals surface area contributed by atoms with E-state index in [1.807, 2.05) is 6.08 Å². The molecule has 2 fully saturated rings. The van der Waals surface area contributed by atoms with E-state index in [9.17, 15) is 10.2 Å². The fourth-order valence-corrected chi connectivity index (χ4v) is 5.91. The van der Waals surface area contributed by atoms with Crippen LogP contribution in [0.3, 0.4) is 0 Å². The fraction of sp³-hybridized carbons (Fsp3) is 0.800. The maximum absolute atomic E-state index is 10.8.